The Kier molecular flexibility index (Phi) is 8.23. The molecule has 0 saturated carbocycles. The number of carbonyl (C=O) groups excluding carboxylic acids is 3. The van der Waals surface area contributed by atoms with Gasteiger partial charge in [0, 0.05) is 31.5 Å². The van der Waals surface area contributed by atoms with Crippen LogP contribution in [0.25, 0.3) is 0 Å². The molecule has 1 N–H and O–H groups in total. The fourth-order valence-electron chi connectivity index (χ4n) is 4.81. The van der Waals surface area contributed by atoms with E-state index in [1.165, 1.54) is 23.6 Å². The lowest BCUT2D eigenvalue weighted by atomic mass is 9.98. The molecule has 200 valence electrons. The number of nitrogens with one attached hydrogen (secondary N) is 1. The fraction of sp³-hybridized carbons (Fsp3) is 0.276. The van der Waals surface area contributed by atoms with E-state index in [2.05, 4.69) is 10.3 Å². The number of nitrogens with zero attached hydrogens (tertiary/aromatic N) is 2. The molecule has 2 aliphatic rings. The second kappa shape index (κ2) is 12.0. The van der Waals surface area contributed by atoms with Gasteiger partial charge >= 0.3 is 11.9 Å². The molecule has 8 nitrogen and oxygen atoms in total. The van der Waals surface area contributed by atoms with E-state index >= 15 is 0 Å². The van der Waals surface area contributed by atoms with E-state index in [0.717, 1.165) is 16.7 Å². The first kappa shape index (κ1) is 26.8. The van der Waals surface area contributed by atoms with E-state index in [0.29, 0.717) is 17.2 Å². The minimum Gasteiger partial charge on any atom is -0.459 e. The van der Waals surface area contributed by atoms with Gasteiger partial charge in [0.25, 0.3) is 0 Å². The molecule has 0 spiro atoms. The molecular weight excluding hydrogens is 534 g/mol. The van der Waals surface area contributed by atoms with Crippen LogP contribution >= 0.6 is 24.0 Å². The Morgan fingerprint density at radius 3 is 2.26 bits per heavy atom. The molecule has 5 rings (SSSR count). The number of esters is 2. The molecule has 3 heterocycles. The first-order valence-electron chi connectivity index (χ1n) is 12.5. The van der Waals surface area contributed by atoms with E-state index < -0.39 is 36.2 Å². The molecule has 2 fully saturated rings. The van der Waals surface area contributed by atoms with Gasteiger partial charge in [-0.15, -0.1) is 11.8 Å². The second-order valence-electron chi connectivity index (χ2n) is 9.28. The lowest BCUT2D eigenvalue weighted by Crippen LogP contribution is -2.77. The number of amides is 1. The molecule has 10 heteroatoms. The van der Waals surface area contributed by atoms with Gasteiger partial charge < -0.3 is 19.7 Å². The highest BCUT2D eigenvalue weighted by Crippen LogP contribution is 2.40. The first-order chi connectivity index (χ1) is 18.9. The zero-order chi connectivity index (χ0) is 27.4. The molecule has 0 bridgehead atoms. The average Bonchev–Trinajstić information content (AvgIpc) is 2.95. The number of benzene rings is 2. The molecule has 2 saturated heterocycles. The number of hydrogen-bond donors (Lipinski definition) is 1. The number of thioether (sulfide) groups is 1. The Labute approximate surface area is 236 Å². The summed E-state index contributed by atoms with van der Waals surface area (Å²) in [7, 11) is 0. The number of hydrogen-bond acceptors (Lipinski definition) is 8. The van der Waals surface area contributed by atoms with Gasteiger partial charge in [0.1, 0.15) is 17.5 Å². The zero-order valence-electron chi connectivity index (χ0n) is 21.1. The van der Waals surface area contributed by atoms with Crippen LogP contribution in [0.1, 0.15) is 29.7 Å². The number of pyridine rings is 1. The molecule has 2 aliphatic heterocycles. The number of rotatable bonds is 8. The van der Waals surface area contributed by atoms with Gasteiger partial charge in [0.15, 0.2) is 12.1 Å². The summed E-state index contributed by atoms with van der Waals surface area (Å²) in [6.07, 6.45) is 2.32. The van der Waals surface area contributed by atoms with E-state index in [1.54, 1.807) is 12.4 Å². The summed E-state index contributed by atoms with van der Waals surface area (Å²) in [6.45, 7) is 1.29. The van der Waals surface area contributed by atoms with Crippen LogP contribution in [0.2, 0.25) is 0 Å². The van der Waals surface area contributed by atoms with Crippen LogP contribution in [-0.4, -0.2) is 62.0 Å². The van der Waals surface area contributed by atoms with Gasteiger partial charge in [-0.2, -0.15) is 0 Å². The van der Waals surface area contributed by atoms with Gasteiger partial charge in [0.2, 0.25) is 5.91 Å². The second-order valence-corrected chi connectivity index (χ2v) is 10.9. The summed E-state index contributed by atoms with van der Waals surface area (Å²) in [5, 5.41) is 2.80. The number of ether oxygens (including phenoxy) is 2. The number of thiocarbonyl (C=S) groups is 1. The fourth-order valence-corrected chi connectivity index (χ4v) is 6.52. The Hall–Kier alpha value is -3.76. The minimum absolute atomic E-state index is 0.292. The predicted octanol–water partition coefficient (Wildman–Crippen LogP) is 3.46. The smallest absolute Gasteiger partial charge is 0.333 e. The van der Waals surface area contributed by atoms with Crippen LogP contribution in [0.5, 0.6) is 0 Å². The molecular formula is C29H27N3O5S2. The van der Waals surface area contributed by atoms with Crippen molar-refractivity contribution in [2.45, 2.75) is 43.0 Å². The molecule has 0 radical (unpaired) electrons. The van der Waals surface area contributed by atoms with Crippen LogP contribution < -0.4 is 5.32 Å². The van der Waals surface area contributed by atoms with E-state index in [9.17, 15) is 14.4 Å². The van der Waals surface area contributed by atoms with Crippen molar-refractivity contribution in [1.82, 2.24) is 15.2 Å². The predicted molar refractivity (Wildman–Crippen MR) is 151 cm³/mol. The third kappa shape index (κ3) is 5.97. The molecule has 1 unspecified atom stereocenters. The summed E-state index contributed by atoms with van der Waals surface area (Å²) in [4.78, 5) is 45.1. The summed E-state index contributed by atoms with van der Waals surface area (Å²) >= 11 is 6.96. The molecule has 0 aliphatic carbocycles. The maximum absolute atomic E-state index is 13.8. The molecule has 1 amide bonds. The van der Waals surface area contributed by atoms with E-state index in [1.807, 2.05) is 72.8 Å². The van der Waals surface area contributed by atoms with E-state index in [-0.39, 0.29) is 11.3 Å². The summed E-state index contributed by atoms with van der Waals surface area (Å²) in [6, 6.07) is 20.9. The summed E-state index contributed by atoms with van der Waals surface area (Å²) in [5.41, 5.74) is 2.56. The molecule has 1 aromatic heterocycles. The highest BCUT2D eigenvalue weighted by atomic mass is 32.2. The Morgan fingerprint density at radius 2 is 1.67 bits per heavy atom. The van der Waals surface area contributed by atoms with Crippen molar-refractivity contribution in [2.75, 3.05) is 5.75 Å². The van der Waals surface area contributed by atoms with Crippen LogP contribution in [-0.2, 0) is 30.3 Å². The molecule has 2 aromatic carbocycles. The van der Waals surface area contributed by atoms with Crippen molar-refractivity contribution in [1.29, 1.82) is 0 Å². The normalized spacial score (nSPS) is 21.9. The van der Waals surface area contributed by atoms with Crippen LogP contribution in [0, 0.1) is 0 Å². The van der Waals surface area contributed by atoms with Crippen molar-refractivity contribution < 1.29 is 23.9 Å². The monoisotopic (exact) mass is 561 g/mol. The van der Waals surface area contributed by atoms with Crippen LogP contribution in [0.15, 0.2) is 85.2 Å². The molecule has 39 heavy (non-hydrogen) atoms. The average molecular weight is 562 g/mol. The summed E-state index contributed by atoms with van der Waals surface area (Å²) < 4.78 is 11.6. The lowest BCUT2D eigenvalue weighted by molar-refractivity contribution is -0.177. The van der Waals surface area contributed by atoms with Gasteiger partial charge in [-0.3, -0.25) is 14.6 Å². The third-order valence-electron chi connectivity index (χ3n) is 6.59. The van der Waals surface area contributed by atoms with E-state index in [4.69, 9.17) is 21.7 Å². The third-order valence-corrected chi connectivity index (χ3v) is 8.21. The molecule has 4 atom stereocenters. The number of fused-ring (bicyclic) bond motifs is 1. The lowest BCUT2D eigenvalue weighted by Gasteiger charge is -2.54. The maximum atomic E-state index is 13.8. The van der Waals surface area contributed by atoms with Crippen LogP contribution in [0.3, 0.4) is 0 Å². The Morgan fingerprint density at radius 1 is 1.05 bits per heavy atom. The highest BCUT2D eigenvalue weighted by molar-refractivity contribution is 8.00. The van der Waals surface area contributed by atoms with Gasteiger partial charge in [-0.25, -0.2) is 4.79 Å². The topological polar surface area (TPSA) is 97.8 Å². The van der Waals surface area contributed by atoms with Crippen molar-refractivity contribution in [2.24, 2.45) is 0 Å². The van der Waals surface area contributed by atoms with Crippen molar-refractivity contribution in [3.05, 3.63) is 102 Å². The number of aromatic nitrogens is 1. The summed E-state index contributed by atoms with van der Waals surface area (Å²) in [5.74, 6) is -1.11. The quantitative estimate of drug-likeness (QED) is 0.252. The first-order valence-corrected chi connectivity index (χ1v) is 14.0. The highest BCUT2D eigenvalue weighted by Gasteiger charge is 2.59. The Balaban J connectivity index is 1.36. The van der Waals surface area contributed by atoms with Crippen molar-refractivity contribution in [3.63, 3.8) is 0 Å². The standard InChI is InChI=1S/C29H27N3O5S2/c1-18(33)36-22-17-39-28-24(31-23(38)16-19-12-14-30-15-13-19)27(34)32(28)25(22)29(35)37-26(20-8-4-2-5-9-20)21-10-6-3-7-11-21/h2-15,22,24-26,28H,16-17H2,1H3,(H,31,38)/t22?,24-,25-,28+/m1/s1. The molecule has 3 aromatic rings. The number of carbonyl (C=O) groups is 3. The van der Waals surface area contributed by atoms with Crippen molar-refractivity contribution >= 4 is 46.8 Å². The number of β-lactam (4-membered cyclic amide) rings is 1. The Bertz CT molecular complexity index is 1300. The zero-order valence-corrected chi connectivity index (χ0v) is 22.8. The van der Waals surface area contributed by atoms with Gasteiger partial charge in [-0.05, 0) is 28.8 Å². The maximum Gasteiger partial charge on any atom is 0.333 e. The van der Waals surface area contributed by atoms with Gasteiger partial charge in [0.05, 0.1) is 4.99 Å². The largest absolute Gasteiger partial charge is 0.459 e. The van der Waals surface area contributed by atoms with Gasteiger partial charge in [-0.1, -0.05) is 72.9 Å². The minimum atomic E-state index is -1.07. The van der Waals surface area contributed by atoms with Crippen molar-refractivity contribution in [3.8, 4) is 0 Å². The van der Waals surface area contributed by atoms with Crippen LogP contribution in [0.4, 0.5) is 0 Å². The SMILES string of the molecule is CC(=O)OC1CS[C@H]2[C@H](NC(=S)Cc3ccncc3)C(=O)N2[C@H]1C(=O)OC(c1ccccc1)c1ccccc1.